The van der Waals surface area contributed by atoms with E-state index in [2.05, 4.69) is 39.5 Å². The molecule has 78 valence electrons. The lowest BCUT2D eigenvalue weighted by Crippen LogP contribution is -2.47. The first-order valence-corrected chi connectivity index (χ1v) is 5.28. The maximum atomic E-state index is 9.90. The zero-order chi connectivity index (χ0) is 10.2. The number of rotatable bonds is 1. The third-order valence-electron chi connectivity index (χ3n) is 2.96. The summed E-state index contributed by atoms with van der Waals surface area (Å²) in [7, 11) is 0. The fourth-order valence-corrected chi connectivity index (χ4v) is 2.45. The molecule has 2 nitrogen and oxygen atoms in total. The normalized spacial score (nSPS) is 31.6. The molecule has 1 aliphatic rings. The van der Waals surface area contributed by atoms with Crippen LogP contribution in [0.3, 0.4) is 0 Å². The van der Waals surface area contributed by atoms with Gasteiger partial charge in [-0.05, 0) is 25.7 Å². The van der Waals surface area contributed by atoms with Crippen molar-refractivity contribution in [2.75, 3.05) is 6.54 Å². The summed E-state index contributed by atoms with van der Waals surface area (Å²) in [5.41, 5.74) is 0.181. The Morgan fingerprint density at radius 1 is 1.31 bits per heavy atom. The molecule has 1 aliphatic heterocycles. The van der Waals surface area contributed by atoms with E-state index in [1.807, 2.05) is 0 Å². The van der Waals surface area contributed by atoms with E-state index in [9.17, 15) is 5.11 Å². The standard InChI is InChI=1S/C11H23NO/c1-8(2)12-7-6-9(13)10(12)11(3,4)5/h8-10,13H,6-7H2,1-5H3/t9-,10-/m0/s1. The molecule has 0 aliphatic carbocycles. The van der Waals surface area contributed by atoms with Crippen LogP contribution in [-0.2, 0) is 0 Å². The third kappa shape index (κ3) is 2.23. The molecule has 0 bridgehead atoms. The van der Waals surface area contributed by atoms with Crippen LogP contribution in [0.4, 0.5) is 0 Å². The van der Waals surface area contributed by atoms with E-state index in [1.54, 1.807) is 0 Å². The largest absolute Gasteiger partial charge is 0.391 e. The molecule has 1 fully saturated rings. The highest BCUT2D eigenvalue weighted by atomic mass is 16.3. The van der Waals surface area contributed by atoms with Gasteiger partial charge in [-0.2, -0.15) is 0 Å². The van der Waals surface area contributed by atoms with Gasteiger partial charge in [-0.3, -0.25) is 4.90 Å². The number of aliphatic hydroxyl groups excluding tert-OH is 1. The molecule has 13 heavy (non-hydrogen) atoms. The molecule has 1 heterocycles. The maximum Gasteiger partial charge on any atom is 0.0712 e. The molecule has 0 unspecified atom stereocenters. The number of hydrogen-bond acceptors (Lipinski definition) is 2. The predicted octanol–water partition coefficient (Wildman–Crippen LogP) is 1.88. The Kier molecular flexibility index (Phi) is 3.03. The first-order chi connectivity index (χ1) is 5.84. The fraction of sp³-hybridized carbons (Fsp3) is 1.00. The summed E-state index contributed by atoms with van der Waals surface area (Å²) in [4.78, 5) is 2.42. The van der Waals surface area contributed by atoms with Crippen molar-refractivity contribution in [3.05, 3.63) is 0 Å². The third-order valence-corrected chi connectivity index (χ3v) is 2.96. The van der Waals surface area contributed by atoms with Crippen molar-refractivity contribution < 1.29 is 5.11 Å². The Labute approximate surface area is 81.9 Å². The average molecular weight is 185 g/mol. The quantitative estimate of drug-likeness (QED) is 0.674. The van der Waals surface area contributed by atoms with Crippen LogP contribution in [0, 0.1) is 5.41 Å². The smallest absolute Gasteiger partial charge is 0.0712 e. The van der Waals surface area contributed by atoms with Gasteiger partial charge in [-0.1, -0.05) is 20.8 Å². The molecule has 0 spiro atoms. The molecule has 0 amide bonds. The molecule has 1 rings (SSSR count). The van der Waals surface area contributed by atoms with E-state index in [-0.39, 0.29) is 11.5 Å². The molecule has 2 heteroatoms. The van der Waals surface area contributed by atoms with Crippen LogP contribution in [0.25, 0.3) is 0 Å². The molecular formula is C11H23NO. The number of likely N-dealkylation sites (tertiary alicyclic amines) is 1. The second kappa shape index (κ2) is 3.58. The van der Waals surface area contributed by atoms with E-state index in [0.717, 1.165) is 13.0 Å². The molecule has 0 aromatic rings. The highest BCUT2D eigenvalue weighted by Gasteiger charge is 2.41. The van der Waals surface area contributed by atoms with Gasteiger partial charge in [0.2, 0.25) is 0 Å². The van der Waals surface area contributed by atoms with E-state index in [1.165, 1.54) is 0 Å². The van der Waals surface area contributed by atoms with Gasteiger partial charge in [0, 0.05) is 18.6 Å². The van der Waals surface area contributed by atoms with Crippen LogP contribution in [0.15, 0.2) is 0 Å². The summed E-state index contributed by atoms with van der Waals surface area (Å²) in [6, 6.07) is 0.869. The first-order valence-electron chi connectivity index (χ1n) is 5.28. The second-order valence-corrected chi connectivity index (χ2v) is 5.50. The van der Waals surface area contributed by atoms with Gasteiger partial charge < -0.3 is 5.11 Å². The summed E-state index contributed by atoms with van der Waals surface area (Å²) in [6.07, 6.45) is 0.794. The Balaban J connectivity index is 2.77. The Morgan fingerprint density at radius 3 is 2.15 bits per heavy atom. The van der Waals surface area contributed by atoms with E-state index in [4.69, 9.17) is 0 Å². The van der Waals surface area contributed by atoms with Crippen molar-refractivity contribution in [2.45, 2.75) is 59.2 Å². The van der Waals surface area contributed by atoms with Gasteiger partial charge in [-0.25, -0.2) is 0 Å². The highest BCUT2D eigenvalue weighted by Crippen LogP contribution is 2.34. The Bertz CT molecular complexity index is 171. The lowest BCUT2D eigenvalue weighted by atomic mass is 9.83. The Hall–Kier alpha value is -0.0800. The van der Waals surface area contributed by atoms with Crippen LogP contribution >= 0.6 is 0 Å². The van der Waals surface area contributed by atoms with Crippen molar-refractivity contribution in [3.63, 3.8) is 0 Å². The van der Waals surface area contributed by atoms with Crippen molar-refractivity contribution >= 4 is 0 Å². The summed E-state index contributed by atoms with van der Waals surface area (Å²) in [5.74, 6) is 0. The monoisotopic (exact) mass is 185 g/mol. The SMILES string of the molecule is CC(C)N1CC[C@H](O)[C@H]1C(C)(C)C. The molecule has 0 radical (unpaired) electrons. The molecule has 0 saturated carbocycles. The zero-order valence-electron chi connectivity index (χ0n) is 9.54. The van der Waals surface area contributed by atoms with Crippen LogP contribution < -0.4 is 0 Å². The van der Waals surface area contributed by atoms with Crippen molar-refractivity contribution in [2.24, 2.45) is 5.41 Å². The Morgan fingerprint density at radius 2 is 1.85 bits per heavy atom. The van der Waals surface area contributed by atoms with Gasteiger partial charge in [0.15, 0.2) is 0 Å². The van der Waals surface area contributed by atoms with Crippen molar-refractivity contribution in [1.29, 1.82) is 0 Å². The van der Waals surface area contributed by atoms with Gasteiger partial charge in [-0.15, -0.1) is 0 Å². The van der Waals surface area contributed by atoms with Gasteiger partial charge >= 0.3 is 0 Å². The van der Waals surface area contributed by atoms with Crippen LogP contribution in [0.1, 0.15) is 41.0 Å². The number of hydrogen-bond donors (Lipinski definition) is 1. The van der Waals surface area contributed by atoms with Crippen LogP contribution in [0.5, 0.6) is 0 Å². The zero-order valence-corrected chi connectivity index (χ0v) is 9.54. The van der Waals surface area contributed by atoms with Gasteiger partial charge in [0.25, 0.3) is 0 Å². The van der Waals surface area contributed by atoms with E-state index < -0.39 is 0 Å². The number of aliphatic hydroxyl groups is 1. The van der Waals surface area contributed by atoms with E-state index >= 15 is 0 Å². The first kappa shape index (κ1) is 11.0. The maximum absolute atomic E-state index is 9.90. The van der Waals surface area contributed by atoms with Crippen LogP contribution in [-0.4, -0.2) is 34.7 Å². The van der Waals surface area contributed by atoms with Crippen LogP contribution in [0.2, 0.25) is 0 Å². The highest BCUT2D eigenvalue weighted by molar-refractivity contribution is 4.95. The molecule has 1 saturated heterocycles. The lowest BCUT2D eigenvalue weighted by Gasteiger charge is -2.38. The van der Waals surface area contributed by atoms with Crippen molar-refractivity contribution in [1.82, 2.24) is 4.90 Å². The second-order valence-electron chi connectivity index (χ2n) is 5.50. The topological polar surface area (TPSA) is 23.5 Å². The summed E-state index contributed by atoms with van der Waals surface area (Å²) in [6.45, 7) is 12.1. The molecule has 1 N–H and O–H groups in total. The minimum atomic E-state index is -0.137. The molecule has 0 aromatic carbocycles. The minimum Gasteiger partial charge on any atom is -0.391 e. The fourth-order valence-electron chi connectivity index (χ4n) is 2.45. The average Bonchev–Trinajstić information content (AvgIpc) is 2.28. The summed E-state index contributed by atoms with van der Waals surface area (Å²) < 4.78 is 0. The molecule has 2 atom stereocenters. The van der Waals surface area contributed by atoms with Gasteiger partial charge in [0.05, 0.1) is 6.10 Å². The van der Waals surface area contributed by atoms with Gasteiger partial charge in [0.1, 0.15) is 0 Å². The number of nitrogens with zero attached hydrogens (tertiary/aromatic N) is 1. The molecular weight excluding hydrogens is 162 g/mol. The molecule has 0 aromatic heterocycles. The minimum absolute atomic E-state index is 0.137. The van der Waals surface area contributed by atoms with E-state index in [0.29, 0.717) is 12.1 Å². The van der Waals surface area contributed by atoms with Crippen molar-refractivity contribution in [3.8, 4) is 0 Å². The summed E-state index contributed by atoms with van der Waals surface area (Å²) >= 11 is 0. The predicted molar refractivity (Wildman–Crippen MR) is 55.7 cm³/mol. The lowest BCUT2D eigenvalue weighted by molar-refractivity contribution is 0.0321. The summed E-state index contributed by atoms with van der Waals surface area (Å²) in [5, 5.41) is 9.90.